The van der Waals surface area contributed by atoms with E-state index in [1.807, 2.05) is 27.8 Å². The third kappa shape index (κ3) is 5.12. The third-order valence-electron chi connectivity index (χ3n) is 2.74. The van der Waals surface area contributed by atoms with Crippen LogP contribution < -0.4 is 5.32 Å². The smallest absolute Gasteiger partial charge is 0.214 e. The Hall–Kier alpha value is 0.160. The SMILES string of the molecule is CNCC1CCCN1S(=O)(=O)CC(C)(C)C.Cl. The lowest BCUT2D eigenvalue weighted by atomic mass is 10.0. The quantitative estimate of drug-likeness (QED) is 0.850. The molecule has 1 unspecified atom stereocenters. The normalized spacial score (nSPS) is 22.5. The zero-order valence-corrected chi connectivity index (χ0v) is 12.8. The lowest BCUT2D eigenvalue weighted by Gasteiger charge is -2.27. The van der Waals surface area contributed by atoms with Crippen LogP contribution in [0.2, 0.25) is 0 Å². The summed E-state index contributed by atoms with van der Waals surface area (Å²) in [5.41, 5.74) is -0.175. The molecule has 0 spiro atoms. The predicted molar refractivity (Wildman–Crippen MR) is 74.1 cm³/mol. The summed E-state index contributed by atoms with van der Waals surface area (Å²) < 4.78 is 26.2. The maximum absolute atomic E-state index is 12.2. The Kier molecular flexibility index (Phi) is 6.42. The summed E-state index contributed by atoms with van der Waals surface area (Å²) in [7, 11) is -1.23. The Balaban J connectivity index is 0.00000256. The van der Waals surface area contributed by atoms with Gasteiger partial charge in [0.25, 0.3) is 0 Å². The van der Waals surface area contributed by atoms with Crippen LogP contribution in [0.5, 0.6) is 0 Å². The molecule has 1 aliphatic rings. The van der Waals surface area contributed by atoms with E-state index in [2.05, 4.69) is 5.32 Å². The second kappa shape index (κ2) is 6.36. The van der Waals surface area contributed by atoms with Crippen LogP contribution >= 0.6 is 12.4 Å². The average molecular weight is 285 g/mol. The summed E-state index contributed by atoms with van der Waals surface area (Å²) in [6, 6.07) is 0.150. The van der Waals surface area contributed by atoms with Gasteiger partial charge in [-0.3, -0.25) is 0 Å². The summed E-state index contributed by atoms with van der Waals surface area (Å²) in [4.78, 5) is 0. The fraction of sp³-hybridized carbons (Fsp3) is 1.00. The van der Waals surface area contributed by atoms with E-state index in [1.54, 1.807) is 4.31 Å². The van der Waals surface area contributed by atoms with Crippen molar-refractivity contribution in [3.63, 3.8) is 0 Å². The molecule has 104 valence electrons. The molecule has 0 amide bonds. The molecule has 4 nitrogen and oxygen atoms in total. The van der Waals surface area contributed by atoms with Crippen molar-refractivity contribution < 1.29 is 8.42 Å². The molecule has 1 fully saturated rings. The van der Waals surface area contributed by atoms with Crippen LogP contribution in [0.3, 0.4) is 0 Å². The molecule has 1 heterocycles. The van der Waals surface area contributed by atoms with E-state index >= 15 is 0 Å². The summed E-state index contributed by atoms with van der Waals surface area (Å²) in [6.45, 7) is 7.34. The van der Waals surface area contributed by atoms with Gasteiger partial charge in [-0.25, -0.2) is 8.42 Å². The minimum absolute atomic E-state index is 0. The molecule has 0 aliphatic carbocycles. The van der Waals surface area contributed by atoms with Gasteiger partial charge in [0.1, 0.15) is 0 Å². The van der Waals surface area contributed by atoms with Crippen molar-refractivity contribution in [3.05, 3.63) is 0 Å². The van der Waals surface area contributed by atoms with Gasteiger partial charge in [-0.1, -0.05) is 20.8 Å². The number of hydrogen-bond donors (Lipinski definition) is 1. The summed E-state index contributed by atoms with van der Waals surface area (Å²) in [5.74, 6) is 0.236. The first-order chi connectivity index (χ1) is 7.26. The molecule has 1 aliphatic heterocycles. The van der Waals surface area contributed by atoms with Gasteiger partial charge in [0.05, 0.1) is 5.75 Å². The topological polar surface area (TPSA) is 49.4 Å². The largest absolute Gasteiger partial charge is 0.318 e. The number of sulfonamides is 1. The molecule has 1 rings (SSSR count). The Labute approximate surface area is 112 Å². The minimum Gasteiger partial charge on any atom is -0.318 e. The Morgan fingerprint density at radius 1 is 1.35 bits per heavy atom. The molecule has 0 radical (unpaired) electrons. The highest BCUT2D eigenvalue weighted by Gasteiger charge is 2.35. The Morgan fingerprint density at radius 3 is 2.41 bits per heavy atom. The van der Waals surface area contributed by atoms with E-state index in [4.69, 9.17) is 0 Å². The minimum atomic E-state index is -3.10. The van der Waals surface area contributed by atoms with E-state index in [-0.39, 0.29) is 29.6 Å². The fourth-order valence-corrected chi connectivity index (χ4v) is 4.55. The zero-order valence-electron chi connectivity index (χ0n) is 11.2. The predicted octanol–water partition coefficient (Wildman–Crippen LogP) is 1.47. The van der Waals surface area contributed by atoms with Gasteiger partial charge in [-0.15, -0.1) is 12.4 Å². The molecule has 1 N–H and O–H groups in total. The monoisotopic (exact) mass is 284 g/mol. The number of halogens is 1. The molecular formula is C11H25ClN2O2S. The summed E-state index contributed by atoms with van der Waals surface area (Å²) in [5, 5.41) is 3.07. The number of nitrogens with one attached hydrogen (secondary N) is 1. The van der Waals surface area contributed by atoms with Crippen LogP contribution in [0.1, 0.15) is 33.6 Å². The van der Waals surface area contributed by atoms with Gasteiger partial charge >= 0.3 is 0 Å². The maximum Gasteiger partial charge on any atom is 0.214 e. The maximum atomic E-state index is 12.2. The summed E-state index contributed by atoms with van der Waals surface area (Å²) in [6.07, 6.45) is 1.96. The van der Waals surface area contributed by atoms with E-state index in [1.165, 1.54) is 0 Å². The highest BCUT2D eigenvalue weighted by Crippen LogP contribution is 2.25. The second-order valence-corrected chi connectivity index (χ2v) is 7.70. The highest BCUT2D eigenvalue weighted by molar-refractivity contribution is 7.89. The van der Waals surface area contributed by atoms with E-state index in [0.29, 0.717) is 6.54 Å². The fourth-order valence-electron chi connectivity index (χ4n) is 2.25. The number of likely N-dealkylation sites (N-methyl/N-ethyl adjacent to an activating group) is 1. The molecule has 0 bridgehead atoms. The first-order valence-electron chi connectivity index (χ1n) is 5.90. The Bertz CT molecular complexity index is 325. The van der Waals surface area contributed by atoms with Crippen LogP contribution in [0.25, 0.3) is 0 Å². The first kappa shape index (κ1) is 17.2. The van der Waals surface area contributed by atoms with Crippen LogP contribution in [0.4, 0.5) is 0 Å². The molecule has 0 aromatic carbocycles. The van der Waals surface area contributed by atoms with Crippen LogP contribution in [-0.2, 0) is 10.0 Å². The molecule has 1 saturated heterocycles. The Morgan fingerprint density at radius 2 is 1.94 bits per heavy atom. The van der Waals surface area contributed by atoms with Gasteiger partial charge < -0.3 is 5.32 Å². The van der Waals surface area contributed by atoms with Crippen molar-refractivity contribution in [2.24, 2.45) is 5.41 Å². The molecule has 1 atom stereocenters. The van der Waals surface area contributed by atoms with Gasteiger partial charge in [-0.2, -0.15) is 4.31 Å². The van der Waals surface area contributed by atoms with Crippen molar-refractivity contribution >= 4 is 22.4 Å². The molecule has 17 heavy (non-hydrogen) atoms. The average Bonchev–Trinajstić information content (AvgIpc) is 2.48. The lowest BCUT2D eigenvalue weighted by molar-refractivity contribution is 0.364. The van der Waals surface area contributed by atoms with Crippen LogP contribution in [-0.4, -0.2) is 44.7 Å². The molecule has 0 aromatic rings. The summed E-state index contributed by atoms with van der Waals surface area (Å²) >= 11 is 0. The highest BCUT2D eigenvalue weighted by atomic mass is 35.5. The van der Waals surface area contributed by atoms with E-state index in [0.717, 1.165) is 19.4 Å². The second-order valence-electron chi connectivity index (χ2n) is 5.78. The third-order valence-corrected chi connectivity index (χ3v) is 5.16. The van der Waals surface area contributed by atoms with Crippen LogP contribution in [0, 0.1) is 5.41 Å². The van der Waals surface area contributed by atoms with Gasteiger partial charge in [0, 0.05) is 19.1 Å². The number of hydrogen-bond acceptors (Lipinski definition) is 3. The number of rotatable bonds is 4. The van der Waals surface area contributed by atoms with Gasteiger partial charge in [-0.05, 0) is 25.3 Å². The molecule has 0 saturated carbocycles. The van der Waals surface area contributed by atoms with E-state index in [9.17, 15) is 8.42 Å². The first-order valence-corrected chi connectivity index (χ1v) is 7.51. The van der Waals surface area contributed by atoms with Crippen molar-refractivity contribution in [1.29, 1.82) is 0 Å². The lowest BCUT2D eigenvalue weighted by Crippen LogP contribution is -2.43. The van der Waals surface area contributed by atoms with Crippen molar-refractivity contribution in [3.8, 4) is 0 Å². The van der Waals surface area contributed by atoms with Crippen molar-refractivity contribution in [1.82, 2.24) is 9.62 Å². The van der Waals surface area contributed by atoms with Crippen molar-refractivity contribution in [2.45, 2.75) is 39.7 Å². The molecule has 6 heteroatoms. The number of nitrogens with zero attached hydrogens (tertiary/aromatic N) is 1. The van der Waals surface area contributed by atoms with Gasteiger partial charge in [0.2, 0.25) is 10.0 Å². The van der Waals surface area contributed by atoms with Crippen molar-refractivity contribution in [2.75, 3.05) is 25.9 Å². The molecule has 0 aromatic heterocycles. The zero-order chi connectivity index (χ0) is 12.4. The van der Waals surface area contributed by atoms with Crippen LogP contribution in [0.15, 0.2) is 0 Å². The standard InChI is InChI=1S/C11H24N2O2S.ClH/c1-11(2,3)9-16(14,15)13-7-5-6-10(13)8-12-4;/h10,12H,5-9H2,1-4H3;1H. The van der Waals surface area contributed by atoms with E-state index < -0.39 is 10.0 Å². The molecular weight excluding hydrogens is 260 g/mol. The van der Waals surface area contributed by atoms with Gasteiger partial charge in [0.15, 0.2) is 0 Å².